The van der Waals surface area contributed by atoms with Crippen LogP contribution in [0.25, 0.3) is 116 Å². The van der Waals surface area contributed by atoms with Crippen molar-refractivity contribution in [1.29, 1.82) is 0 Å². The van der Waals surface area contributed by atoms with E-state index in [0.29, 0.717) is 0 Å². The third-order valence-corrected chi connectivity index (χ3v) is 24.2. The van der Waals surface area contributed by atoms with Crippen LogP contribution in [0.4, 0.5) is 34.1 Å². The van der Waals surface area contributed by atoms with Crippen LogP contribution in [0.1, 0.15) is 79.0 Å². The van der Waals surface area contributed by atoms with Crippen LogP contribution in [0.3, 0.4) is 0 Å². The van der Waals surface area contributed by atoms with Crippen LogP contribution >= 0.6 is 34.0 Å². The number of rotatable bonds is 7. The number of ether oxygens (including phenoxy) is 1. The van der Waals surface area contributed by atoms with Gasteiger partial charge in [0, 0.05) is 105 Å². The minimum atomic E-state index is -0.183. The Hall–Kier alpha value is -10.2. The van der Waals surface area contributed by atoms with E-state index in [-0.39, 0.29) is 23.0 Å². The highest BCUT2D eigenvalue weighted by Crippen LogP contribution is 2.52. The maximum absolute atomic E-state index is 7.66. The number of hydrogen-bond donors (Lipinski definition) is 0. The average molecular weight is 1320 g/mol. The third kappa shape index (κ3) is 9.35. The van der Waals surface area contributed by atoms with Crippen molar-refractivity contribution in [2.45, 2.75) is 78.6 Å². The molecule has 0 aliphatic carbocycles. The predicted molar refractivity (Wildman–Crippen MR) is 425 cm³/mol. The number of furan rings is 1. The Labute approximate surface area is 583 Å². The topological polar surface area (TPSA) is 28.9 Å². The fourth-order valence-electron chi connectivity index (χ4n) is 15.7. The van der Waals surface area contributed by atoms with E-state index in [1.165, 1.54) is 93.6 Å². The van der Waals surface area contributed by atoms with Gasteiger partial charge in [-0.15, -0.1) is 34.0 Å². The summed E-state index contributed by atoms with van der Waals surface area (Å²) in [4.78, 5) is 5.05. The molecule has 2 aliphatic heterocycles. The molecule has 19 rings (SSSR count). The zero-order valence-corrected chi connectivity index (χ0v) is 58.7. The van der Waals surface area contributed by atoms with Gasteiger partial charge in [-0.3, -0.25) is 0 Å². The molecule has 17 aromatic rings. The first kappa shape index (κ1) is 59.1. The zero-order chi connectivity index (χ0) is 66.3. The van der Waals surface area contributed by atoms with Crippen LogP contribution in [0.5, 0.6) is 11.5 Å². The smallest absolute Gasteiger partial charge is 0.256 e. The standard InChI is InChI=1S/C90H69BN2O2S3/c1-88(2,3)57-26-31-60(32-27-57)92(61-33-28-58(29-34-61)89(4,5)6)62-35-39-68-71(51-62)93(70-40-30-59(90(7,8)9)50-67(70)52-17-11-10-12-18-52)72-45-56(55-24-37-66-82(49-55)98-80-44-43-79-85(86(66)80)64-20-14-16-22-77(64)96-79)47-76-87(72)91(68)69-38-25-53(46-75(69)95-76)54-23-36-65-81(48-54)97-78-42-41-74-83(84(65)78)63-19-13-15-21-73(63)94-74/h10-51H,1-9H3. The molecule has 6 heterocycles. The lowest BCUT2D eigenvalue weighted by atomic mass is 9.34. The zero-order valence-electron chi connectivity index (χ0n) is 56.3. The number of hydrogen-bond acceptors (Lipinski definition) is 7. The molecule has 0 saturated heterocycles. The summed E-state index contributed by atoms with van der Waals surface area (Å²) in [5.74, 6) is 1.72. The highest BCUT2D eigenvalue weighted by atomic mass is 32.1. The average Bonchev–Trinajstić information content (AvgIpc) is 0.819. The highest BCUT2D eigenvalue weighted by molar-refractivity contribution is 7.28. The van der Waals surface area contributed by atoms with Gasteiger partial charge in [0.05, 0.1) is 5.69 Å². The first-order valence-corrected chi connectivity index (χ1v) is 36.6. The number of anilines is 6. The Kier molecular flexibility index (Phi) is 13.0. The third-order valence-electron chi connectivity index (χ3n) is 20.8. The van der Waals surface area contributed by atoms with Gasteiger partial charge >= 0.3 is 0 Å². The van der Waals surface area contributed by atoms with Crippen LogP contribution in [0.15, 0.2) is 259 Å². The molecule has 8 heteroatoms. The summed E-state index contributed by atoms with van der Waals surface area (Å²) in [6, 6.07) is 96.3. The van der Waals surface area contributed by atoms with Gasteiger partial charge in [0.1, 0.15) is 22.7 Å². The van der Waals surface area contributed by atoms with Crippen molar-refractivity contribution in [3.8, 4) is 44.9 Å². The molecule has 0 unspecified atom stereocenters. The van der Waals surface area contributed by atoms with Crippen LogP contribution in [0, 0.1) is 0 Å². The summed E-state index contributed by atoms with van der Waals surface area (Å²) in [7, 11) is 0. The molecule has 0 radical (unpaired) electrons. The summed E-state index contributed by atoms with van der Waals surface area (Å²) in [6.07, 6.45) is 0. The van der Waals surface area contributed by atoms with Gasteiger partial charge < -0.3 is 19.0 Å². The number of para-hydroxylation sites is 1. The quantitative estimate of drug-likeness (QED) is 0.149. The molecule has 472 valence electrons. The fraction of sp³-hybridized carbons (Fsp3) is 0.133. The molecular formula is C90H69BN2O2S3. The van der Waals surface area contributed by atoms with Crippen LogP contribution < -0.4 is 30.9 Å². The second-order valence-electron chi connectivity index (χ2n) is 30.0. The predicted octanol–water partition coefficient (Wildman–Crippen LogP) is 25.5. The molecule has 0 saturated carbocycles. The minimum Gasteiger partial charge on any atom is -0.458 e. The SMILES string of the molecule is CC(C)(C)c1ccc(N(c2ccc(C(C)(C)C)cc2)c2ccc3c(c2)N(c2ccc(C(C)(C)C)cc2-c2ccccc2)c2cc(-c4ccc5c(c4)sc4ccc6sc7ccccc7c6c45)cc4c2B3c2ccc(-c3ccc5c(c3)sc3ccc6oc7ccccc7c6c35)cc2O4)cc1. The molecular weight excluding hydrogens is 1250 g/mol. The Bertz CT molecular complexity index is 6110. The lowest BCUT2D eigenvalue weighted by Crippen LogP contribution is -2.59. The minimum absolute atomic E-state index is 0.0122. The van der Waals surface area contributed by atoms with Crippen molar-refractivity contribution in [3.05, 3.63) is 271 Å². The summed E-state index contributed by atoms with van der Waals surface area (Å²) in [6.45, 7) is 20.5. The summed E-state index contributed by atoms with van der Waals surface area (Å²) in [5, 5.41) is 10.1. The van der Waals surface area contributed by atoms with E-state index < -0.39 is 0 Å². The van der Waals surface area contributed by atoms with E-state index in [4.69, 9.17) is 9.15 Å². The second-order valence-corrected chi connectivity index (χ2v) is 33.2. The molecule has 13 aromatic carbocycles. The van der Waals surface area contributed by atoms with Crippen LogP contribution in [0.2, 0.25) is 0 Å². The molecule has 0 bridgehead atoms. The number of benzene rings is 13. The summed E-state index contributed by atoms with van der Waals surface area (Å²) in [5.41, 5.74) is 22.4. The largest absolute Gasteiger partial charge is 0.458 e. The fourth-order valence-corrected chi connectivity index (χ4v) is 19.1. The number of fused-ring (bicyclic) bond motifs is 18. The molecule has 4 aromatic heterocycles. The first-order chi connectivity index (χ1) is 47.4. The summed E-state index contributed by atoms with van der Waals surface area (Å²) < 4.78 is 21.8. The number of thiophene rings is 3. The van der Waals surface area contributed by atoms with Crippen molar-refractivity contribution in [2.24, 2.45) is 0 Å². The van der Waals surface area contributed by atoms with E-state index in [0.717, 1.165) is 101 Å². The second kappa shape index (κ2) is 21.6. The van der Waals surface area contributed by atoms with Crippen LogP contribution in [-0.2, 0) is 16.2 Å². The van der Waals surface area contributed by atoms with Crippen molar-refractivity contribution in [1.82, 2.24) is 0 Å². The van der Waals surface area contributed by atoms with E-state index in [2.05, 4.69) is 327 Å². The van der Waals surface area contributed by atoms with Gasteiger partial charge in [0.2, 0.25) is 0 Å². The van der Waals surface area contributed by atoms with Crippen molar-refractivity contribution < 1.29 is 9.15 Å². The van der Waals surface area contributed by atoms with E-state index >= 15 is 0 Å². The van der Waals surface area contributed by atoms with Crippen LogP contribution in [-0.4, -0.2) is 6.71 Å². The Morgan fingerprint density at radius 2 is 0.847 bits per heavy atom. The van der Waals surface area contributed by atoms with E-state index in [9.17, 15) is 0 Å². The maximum atomic E-state index is 7.66. The van der Waals surface area contributed by atoms with Gasteiger partial charge in [-0.05, 0) is 192 Å². The van der Waals surface area contributed by atoms with Crippen molar-refractivity contribution in [2.75, 3.05) is 9.80 Å². The lowest BCUT2D eigenvalue weighted by Gasteiger charge is -2.42. The molecule has 0 amide bonds. The highest BCUT2D eigenvalue weighted by Gasteiger charge is 2.44. The van der Waals surface area contributed by atoms with Gasteiger partial charge in [0.25, 0.3) is 6.71 Å². The van der Waals surface area contributed by atoms with Gasteiger partial charge in [0.15, 0.2) is 0 Å². The van der Waals surface area contributed by atoms with E-state index in [1.807, 2.05) is 34.0 Å². The molecule has 4 nitrogen and oxygen atoms in total. The Morgan fingerprint density at radius 1 is 0.327 bits per heavy atom. The Morgan fingerprint density at radius 3 is 1.51 bits per heavy atom. The maximum Gasteiger partial charge on any atom is 0.256 e. The monoisotopic (exact) mass is 1320 g/mol. The van der Waals surface area contributed by atoms with Gasteiger partial charge in [-0.25, -0.2) is 0 Å². The first-order valence-electron chi connectivity index (χ1n) is 34.1. The Balaban J connectivity index is 0.851. The van der Waals surface area contributed by atoms with Gasteiger partial charge in [-0.1, -0.05) is 202 Å². The molecule has 0 atom stereocenters. The van der Waals surface area contributed by atoms with E-state index in [1.54, 1.807) is 0 Å². The number of nitrogens with zero attached hydrogens (tertiary/aromatic N) is 2. The lowest BCUT2D eigenvalue weighted by molar-refractivity contribution is 0.488. The summed E-state index contributed by atoms with van der Waals surface area (Å²) >= 11 is 5.62. The molecule has 98 heavy (non-hydrogen) atoms. The normalized spacial score (nSPS) is 13.2. The van der Waals surface area contributed by atoms with Crippen molar-refractivity contribution in [3.63, 3.8) is 0 Å². The molecule has 2 aliphatic rings. The van der Waals surface area contributed by atoms with Gasteiger partial charge in [-0.2, -0.15) is 0 Å². The molecule has 0 fully saturated rings. The molecule has 0 N–H and O–H groups in total. The molecule has 0 spiro atoms. The van der Waals surface area contributed by atoms with Crippen molar-refractivity contribution >= 4 is 174 Å².